The highest BCUT2D eigenvalue weighted by atomic mass is 32.1. The fourth-order valence-electron chi connectivity index (χ4n) is 3.97. The molecule has 1 heterocycles. The van der Waals surface area contributed by atoms with Gasteiger partial charge in [0.15, 0.2) is 11.7 Å². The zero-order chi connectivity index (χ0) is 26.8. The van der Waals surface area contributed by atoms with Crippen LogP contribution in [0.1, 0.15) is 44.9 Å². The van der Waals surface area contributed by atoms with E-state index in [4.69, 9.17) is 21.7 Å². The Morgan fingerprint density at radius 2 is 1.81 bits per heavy atom. The van der Waals surface area contributed by atoms with Gasteiger partial charge in [-0.2, -0.15) is 5.10 Å². The first-order chi connectivity index (χ1) is 17.9. The number of carbonyl (C=O) groups is 2. The normalized spacial score (nSPS) is 15.1. The molecule has 196 valence electrons. The van der Waals surface area contributed by atoms with Crippen molar-refractivity contribution in [2.45, 2.75) is 33.7 Å². The van der Waals surface area contributed by atoms with Crippen LogP contribution in [0.15, 0.2) is 64.9 Å². The van der Waals surface area contributed by atoms with Crippen molar-refractivity contribution in [3.63, 3.8) is 0 Å². The summed E-state index contributed by atoms with van der Waals surface area (Å²) in [6, 6.07) is 14.5. The minimum atomic E-state index is -0.593. The summed E-state index contributed by atoms with van der Waals surface area (Å²) >= 11 is 5.30. The first kappa shape index (κ1) is 27.7. The number of nitrogens with one attached hydrogen (secondary N) is 3. The van der Waals surface area contributed by atoms with Gasteiger partial charge in [0, 0.05) is 30.0 Å². The average Bonchev–Trinajstić information content (AvgIpc) is 2.89. The molecule has 0 radical (unpaired) electrons. The minimum Gasteiger partial charge on any atom is -0.483 e. The van der Waals surface area contributed by atoms with E-state index >= 15 is 0 Å². The van der Waals surface area contributed by atoms with Gasteiger partial charge < -0.3 is 25.0 Å². The van der Waals surface area contributed by atoms with Crippen molar-refractivity contribution in [1.29, 1.82) is 0 Å². The predicted octanol–water partition coefficient (Wildman–Crippen LogP) is 3.42. The van der Waals surface area contributed by atoms with Crippen LogP contribution < -0.4 is 25.7 Å². The summed E-state index contributed by atoms with van der Waals surface area (Å²) in [5.41, 5.74) is 6.13. The third-order valence-corrected chi connectivity index (χ3v) is 6.00. The molecule has 0 aliphatic carbocycles. The van der Waals surface area contributed by atoms with E-state index in [1.54, 1.807) is 32.2 Å². The molecule has 0 saturated carbocycles. The van der Waals surface area contributed by atoms with Gasteiger partial charge in [0.05, 0.1) is 24.4 Å². The highest BCUT2D eigenvalue weighted by molar-refractivity contribution is 7.80. The van der Waals surface area contributed by atoms with Gasteiger partial charge in [0.25, 0.3) is 5.91 Å². The quantitative estimate of drug-likeness (QED) is 0.178. The van der Waals surface area contributed by atoms with E-state index in [2.05, 4.69) is 39.9 Å². The number of carbonyl (C=O) groups excluding carboxylic acids is 2. The minimum absolute atomic E-state index is 0.242. The predicted molar refractivity (Wildman–Crippen MR) is 149 cm³/mol. The van der Waals surface area contributed by atoms with Crippen molar-refractivity contribution in [2.75, 3.05) is 31.2 Å². The number of esters is 1. The van der Waals surface area contributed by atoms with Gasteiger partial charge >= 0.3 is 5.97 Å². The zero-order valence-electron chi connectivity index (χ0n) is 21.5. The summed E-state index contributed by atoms with van der Waals surface area (Å²) in [6.45, 7) is 9.59. The number of allylic oxidation sites excluding steroid dienone is 1. The molecule has 1 atom stereocenters. The van der Waals surface area contributed by atoms with Crippen LogP contribution in [0, 0.1) is 0 Å². The average molecular weight is 524 g/mol. The third kappa shape index (κ3) is 7.29. The second-order valence-corrected chi connectivity index (χ2v) is 8.58. The van der Waals surface area contributed by atoms with E-state index in [0.29, 0.717) is 27.7 Å². The summed E-state index contributed by atoms with van der Waals surface area (Å²) in [6.07, 6.45) is 1.58. The summed E-state index contributed by atoms with van der Waals surface area (Å²) in [4.78, 5) is 27.3. The molecule has 1 unspecified atom stereocenters. The summed E-state index contributed by atoms with van der Waals surface area (Å²) < 4.78 is 11.1. The van der Waals surface area contributed by atoms with Crippen LogP contribution in [0.3, 0.4) is 0 Å². The van der Waals surface area contributed by atoms with Crippen molar-refractivity contribution in [3.8, 4) is 5.75 Å². The molecule has 0 aromatic heterocycles. The number of anilines is 1. The molecule has 0 spiro atoms. The van der Waals surface area contributed by atoms with Crippen LogP contribution in [0.5, 0.6) is 5.75 Å². The molecule has 0 fully saturated rings. The van der Waals surface area contributed by atoms with Gasteiger partial charge in [-0.15, -0.1) is 0 Å². The lowest BCUT2D eigenvalue weighted by molar-refractivity contribution is -0.139. The van der Waals surface area contributed by atoms with Crippen LogP contribution in [0.4, 0.5) is 5.69 Å². The van der Waals surface area contributed by atoms with Gasteiger partial charge in [-0.25, -0.2) is 10.2 Å². The number of nitrogens with zero attached hydrogens (tertiary/aromatic N) is 2. The molecule has 1 aliphatic rings. The molecule has 0 bridgehead atoms. The number of para-hydroxylation sites is 1. The number of rotatable bonds is 11. The first-order valence-electron chi connectivity index (χ1n) is 12.2. The van der Waals surface area contributed by atoms with E-state index < -0.39 is 17.9 Å². The number of hydrogen-bond acceptors (Lipinski definition) is 7. The number of ether oxygens (including phenoxy) is 2. The van der Waals surface area contributed by atoms with Crippen molar-refractivity contribution < 1.29 is 19.1 Å². The maximum Gasteiger partial charge on any atom is 0.338 e. The Kier molecular flexibility index (Phi) is 10.0. The van der Waals surface area contributed by atoms with E-state index in [1.807, 2.05) is 36.4 Å². The molecular weight excluding hydrogens is 490 g/mol. The van der Waals surface area contributed by atoms with Crippen LogP contribution >= 0.6 is 12.2 Å². The van der Waals surface area contributed by atoms with Gasteiger partial charge in [-0.1, -0.05) is 30.3 Å². The number of hydrogen-bond donors (Lipinski definition) is 3. The number of amides is 1. The second kappa shape index (κ2) is 13.4. The smallest absolute Gasteiger partial charge is 0.338 e. The van der Waals surface area contributed by atoms with Crippen LogP contribution in [-0.4, -0.2) is 49.5 Å². The summed E-state index contributed by atoms with van der Waals surface area (Å²) in [7, 11) is 0. The molecule has 0 saturated heterocycles. The zero-order valence-corrected chi connectivity index (χ0v) is 22.4. The topological polar surface area (TPSA) is 104 Å². The molecule has 3 rings (SSSR count). The van der Waals surface area contributed by atoms with Crippen LogP contribution in [0.25, 0.3) is 0 Å². The standard InChI is InChI=1S/C27H33N5O4S/c1-5-32(6-2)20-14-12-19(13-15-20)16-28-31-23(33)17-36-22-11-9-8-10-21(22)25-24(26(34)35-7-3)18(4)29-27(37)30-25/h8-16,25H,5-7,17H2,1-4H3,(H,31,33)(H2,29,30,37). The second-order valence-electron chi connectivity index (χ2n) is 8.17. The van der Waals surface area contributed by atoms with E-state index in [9.17, 15) is 9.59 Å². The summed E-state index contributed by atoms with van der Waals surface area (Å²) in [5, 5.41) is 10.5. The van der Waals surface area contributed by atoms with Gasteiger partial charge in [0.2, 0.25) is 0 Å². The molecule has 9 nitrogen and oxygen atoms in total. The maximum absolute atomic E-state index is 12.7. The van der Waals surface area contributed by atoms with Crippen LogP contribution in [0.2, 0.25) is 0 Å². The maximum atomic E-state index is 12.7. The van der Waals surface area contributed by atoms with E-state index in [-0.39, 0.29) is 13.2 Å². The van der Waals surface area contributed by atoms with Gasteiger partial charge in [-0.05, 0) is 63.7 Å². The lowest BCUT2D eigenvalue weighted by Gasteiger charge is -2.30. The highest BCUT2D eigenvalue weighted by Gasteiger charge is 2.32. The van der Waals surface area contributed by atoms with E-state index in [0.717, 1.165) is 24.3 Å². The molecular formula is C27H33N5O4S. The number of benzene rings is 2. The number of hydrazone groups is 1. The SMILES string of the molecule is CCOC(=O)C1=C(C)NC(=S)NC1c1ccccc1OCC(=O)NN=Cc1ccc(N(CC)CC)cc1. The number of thiocarbonyl (C=S) groups is 1. The Morgan fingerprint density at radius 3 is 2.49 bits per heavy atom. The Labute approximate surface area is 222 Å². The Morgan fingerprint density at radius 1 is 1.11 bits per heavy atom. The van der Waals surface area contributed by atoms with Gasteiger partial charge in [0.1, 0.15) is 5.75 Å². The fraction of sp³-hybridized carbons (Fsp3) is 0.333. The first-order valence-corrected chi connectivity index (χ1v) is 12.6. The van der Waals surface area contributed by atoms with E-state index in [1.165, 1.54) is 0 Å². The lowest BCUT2D eigenvalue weighted by atomic mass is 9.95. The molecule has 3 N–H and O–H groups in total. The largest absolute Gasteiger partial charge is 0.483 e. The van der Waals surface area contributed by atoms with Crippen molar-refractivity contribution in [3.05, 3.63) is 70.9 Å². The lowest BCUT2D eigenvalue weighted by Crippen LogP contribution is -2.45. The van der Waals surface area contributed by atoms with Crippen molar-refractivity contribution in [1.82, 2.24) is 16.1 Å². The molecule has 2 aromatic carbocycles. The molecule has 1 aliphatic heterocycles. The highest BCUT2D eigenvalue weighted by Crippen LogP contribution is 2.33. The Hall–Kier alpha value is -3.92. The van der Waals surface area contributed by atoms with Crippen molar-refractivity contribution in [2.24, 2.45) is 5.10 Å². The summed E-state index contributed by atoms with van der Waals surface area (Å²) in [5.74, 6) is -0.443. The molecule has 10 heteroatoms. The molecule has 37 heavy (non-hydrogen) atoms. The molecule has 2 aromatic rings. The van der Waals surface area contributed by atoms with Crippen LogP contribution in [-0.2, 0) is 14.3 Å². The van der Waals surface area contributed by atoms with Gasteiger partial charge in [-0.3, -0.25) is 4.79 Å². The third-order valence-electron chi connectivity index (χ3n) is 5.78. The Bertz CT molecular complexity index is 1180. The Balaban J connectivity index is 1.65. The van der Waals surface area contributed by atoms with Crippen molar-refractivity contribution >= 4 is 41.1 Å². The monoisotopic (exact) mass is 523 g/mol. The molecule has 1 amide bonds. The fourth-order valence-corrected chi connectivity index (χ4v) is 4.24.